The lowest BCUT2D eigenvalue weighted by Crippen LogP contribution is -2.37. The average Bonchev–Trinajstić information content (AvgIpc) is 3.10. The van der Waals surface area contributed by atoms with Crippen LogP contribution in [0.4, 0.5) is 11.6 Å². The molecule has 7 heteroatoms. The molecule has 0 saturated carbocycles. The number of nitrogens with one attached hydrogen (secondary N) is 2. The summed E-state index contributed by atoms with van der Waals surface area (Å²) in [7, 11) is 0. The molecule has 106 valence electrons. The highest BCUT2D eigenvalue weighted by molar-refractivity contribution is 5.98. The predicted molar refractivity (Wildman–Crippen MR) is 73.3 cm³/mol. The van der Waals surface area contributed by atoms with Crippen LogP contribution >= 0.6 is 0 Å². The van der Waals surface area contributed by atoms with E-state index in [1.807, 2.05) is 0 Å². The van der Waals surface area contributed by atoms with E-state index in [1.54, 1.807) is 6.07 Å². The van der Waals surface area contributed by atoms with Gasteiger partial charge in [0.2, 0.25) is 11.8 Å². The molecule has 2 N–H and O–H groups in total. The molecule has 1 aromatic heterocycles. The summed E-state index contributed by atoms with van der Waals surface area (Å²) in [5.41, 5.74) is 0. The third-order valence-corrected chi connectivity index (χ3v) is 3.65. The number of nitrogens with zero attached hydrogens (tertiary/aromatic N) is 3. The second-order valence-electron chi connectivity index (χ2n) is 5.10. The maximum Gasteiger partial charge on any atom is 0.248 e. The molecule has 7 nitrogen and oxygen atoms in total. The minimum Gasteiger partial charge on any atom is -0.356 e. The Bertz CT molecular complexity index is 527. The monoisotopic (exact) mass is 275 g/mol. The molecule has 3 heterocycles. The highest BCUT2D eigenvalue weighted by atomic mass is 16.2. The summed E-state index contributed by atoms with van der Waals surface area (Å²) in [6.45, 7) is 1.98. The quantitative estimate of drug-likeness (QED) is 0.828. The highest BCUT2D eigenvalue weighted by Gasteiger charge is 2.27. The Balaban J connectivity index is 1.66. The van der Waals surface area contributed by atoms with Crippen LogP contribution in [-0.2, 0) is 9.59 Å². The summed E-state index contributed by atoms with van der Waals surface area (Å²) in [5, 5.41) is 5.38. The summed E-state index contributed by atoms with van der Waals surface area (Å²) in [6.07, 6.45) is 4.73. The van der Waals surface area contributed by atoms with Crippen LogP contribution in [0.25, 0.3) is 0 Å². The zero-order valence-electron chi connectivity index (χ0n) is 11.1. The number of hydrogen-bond donors (Lipinski definition) is 2. The number of rotatable bonds is 3. The Morgan fingerprint density at radius 1 is 1.35 bits per heavy atom. The van der Waals surface area contributed by atoms with Crippen LogP contribution in [-0.4, -0.2) is 40.9 Å². The number of carbonyl (C=O) groups is 2. The molecule has 0 radical (unpaired) electrons. The van der Waals surface area contributed by atoms with E-state index in [2.05, 4.69) is 25.5 Å². The lowest BCUT2D eigenvalue weighted by atomic mass is 10.2. The van der Waals surface area contributed by atoms with E-state index in [0.29, 0.717) is 18.7 Å². The topological polar surface area (TPSA) is 87.2 Å². The third-order valence-electron chi connectivity index (χ3n) is 3.65. The van der Waals surface area contributed by atoms with Crippen LogP contribution in [0.1, 0.15) is 25.7 Å². The first-order chi connectivity index (χ1) is 9.72. The molecule has 1 aromatic rings. The molecule has 2 aliphatic rings. The molecule has 2 saturated heterocycles. The maximum absolute atomic E-state index is 12.0. The Kier molecular flexibility index (Phi) is 3.49. The van der Waals surface area contributed by atoms with E-state index in [9.17, 15) is 9.59 Å². The molecule has 0 spiro atoms. The van der Waals surface area contributed by atoms with E-state index in [1.165, 1.54) is 19.2 Å². The Hall–Kier alpha value is -2.18. The largest absolute Gasteiger partial charge is 0.356 e. The zero-order chi connectivity index (χ0) is 13.9. The molecule has 0 aromatic carbocycles. The number of anilines is 2. The molecular weight excluding hydrogens is 258 g/mol. The van der Waals surface area contributed by atoms with E-state index >= 15 is 0 Å². The number of aromatic nitrogens is 2. The standard InChI is InChI=1S/C13H17N5O2/c19-12-4-3-9(16-12)13(20)17-10-7-11(15-8-14-10)18-5-1-2-6-18/h7-9H,1-6H2,(H,16,19)(H,14,15,17,20). The molecular formula is C13H17N5O2. The van der Waals surface area contributed by atoms with Crippen molar-refractivity contribution in [3.8, 4) is 0 Å². The van der Waals surface area contributed by atoms with Crippen molar-refractivity contribution in [3.05, 3.63) is 12.4 Å². The highest BCUT2D eigenvalue weighted by Crippen LogP contribution is 2.19. The molecule has 1 unspecified atom stereocenters. The average molecular weight is 275 g/mol. The van der Waals surface area contributed by atoms with Crippen molar-refractivity contribution in [2.24, 2.45) is 0 Å². The van der Waals surface area contributed by atoms with Crippen LogP contribution in [0, 0.1) is 0 Å². The Labute approximate surface area is 116 Å². The number of amides is 2. The first-order valence-corrected chi connectivity index (χ1v) is 6.89. The summed E-state index contributed by atoms with van der Waals surface area (Å²) in [5.74, 6) is 1.02. The lowest BCUT2D eigenvalue weighted by molar-refractivity contribution is -0.122. The van der Waals surface area contributed by atoms with Crippen molar-refractivity contribution in [2.45, 2.75) is 31.7 Å². The molecule has 2 fully saturated rings. The van der Waals surface area contributed by atoms with Crippen molar-refractivity contribution in [1.82, 2.24) is 15.3 Å². The van der Waals surface area contributed by atoms with Crippen molar-refractivity contribution in [3.63, 3.8) is 0 Å². The number of carbonyl (C=O) groups excluding carboxylic acids is 2. The van der Waals surface area contributed by atoms with Crippen molar-refractivity contribution >= 4 is 23.5 Å². The van der Waals surface area contributed by atoms with Crippen molar-refractivity contribution in [2.75, 3.05) is 23.3 Å². The van der Waals surface area contributed by atoms with E-state index in [4.69, 9.17) is 0 Å². The van der Waals surface area contributed by atoms with Crippen LogP contribution in [0.5, 0.6) is 0 Å². The van der Waals surface area contributed by atoms with Crippen LogP contribution in [0.3, 0.4) is 0 Å². The normalized spacial score (nSPS) is 21.9. The van der Waals surface area contributed by atoms with Crippen molar-refractivity contribution in [1.29, 1.82) is 0 Å². The fraction of sp³-hybridized carbons (Fsp3) is 0.538. The second-order valence-corrected chi connectivity index (χ2v) is 5.10. The van der Waals surface area contributed by atoms with Gasteiger partial charge in [0, 0.05) is 25.6 Å². The number of hydrogen-bond acceptors (Lipinski definition) is 5. The first kappa shape index (κ1) is 12.8. The van der Waals surface area contributed by atoms with Gasteiger partial charge in [-0.05, 0) is 19.3 Å². The summed E-state index contributed by atoms with van der Waals surface area (Å²) < 4.78 is 0. The van der Waals surface area contributed by atoms with Crippen molar-refractivity contribution < 1.29 is 9.59 Å². The summed E-state index contributed by atoms with van der Waals surface area (Å²) in [4.78, 5) is 33.6. The van der Waals surface area contributed by atoms with E-state index < -0.39 is 6.04 Å². The smallest absolute Gasteiger partial charge is 0.248 e. The molecule has 0 aliphatic carbocycles. The first-order valence-electron chi connectivity index (χ1n) is 6.89. The maximum atomic E-state index is 12.0. The van der Waals surface area contributed by atoms with Crippen LogP contribution < -0.4 is 15.5 Å². The minimum absolute atomic E-state index is 0.0782. The molecule has 20 heavy (non-hydrogen) atoms. The Morgan fingerprint density at radius 3 is 2.85 bits per heavy atom. The van der Waals surface area contributed by atoms with Crippen LogP contribution in [0.2, 0.25) is 0 Å². The van der Waals surface area contributed by atoms with Gasteiger partial charge < -0.3 is 15.5 Å². The Morgan fingerprint density at radius 2 is 2.15 bits per heavy atom. The van der Waals surface area contributed by atoms with Gasteiger partial charge in [0.25, 0.3) is 0 Å². The van der Waals surface area contributed by atoms with Gasteiger partial charge >= 0.3 is 0 Å². The van der Waals surface area contributed by atoms with Gasteiger partial charge in [0.05, 0.1) is 0 Å². The molecule has 0 bridgehead atoms. The fourth-order valence-electron chi connectivity index (χ4n) is 2.56. The molecule has 3 rings (SSSR count). The third kappa shape index (κ3) is 2.71. The van der Waals surface area contributed by atoms with E-state index in [-0.39, 0.29) is 11.8 Å². The van der Waals surface area contributed by atoms with E-state index in [0.717, 1.165) is 18.9 Å². The minimum atomic E-state index is -0.451. The molecule has 2 aliphatic heterocycles. The summed E-state index contributed by atoms with van der Waals surface area (Å²) in [6, 6.07) is 1.33. The van der Waals surface area contributed by atoms with Crippen LogP contribution in [0.15, 0.2) is 12.4 Å². The van der Waals surface area contributed by atoms with Gasteiger partial charge in [-0.15, -0.1) is 0 Å². The van der Waals surface area contributed by atoms with Gasteiger partial charge in [-0.1, -0.05) is 0 Å². The van der Waals surface area contributed by atoms with Gasteiger partial charge in [-0.3, -0.25) is 9.59 Å². The lowest BCUT2D eigenvalue weighted by Gasteiger charge is -2.17. The van der Waals surface area contributed by atoms with Gasteiger partial charge in [0.15, 0.2) is 0 Å². The van der Waals surface area contributed by atoms with Gasteiger partial charge in [-0.25, -0.2) is 9.97 Å². The van der Waals surface area contributed by atoms with Gasteiger partial charge in [-0.2, -0.15) is 0 Å². The molecule has 2 amide bonds. The van der Waals surface area contributed by atoms with Gasteiger partial charge in [0.1, 0.15) is 24.0 Å². The SMILES string of the molecule is O=C1CCC(C(=O)Nc2cc(N3CCCC3)ncn2)N1. The fourth-order valence-corrected chi connectivity index (χ4v) is 2.56. The summed E-state index contributed by atoms with van der Waals surface area (Å²) >= 11 is 0. The molecule has 1 atom stereocenters. The predicted octanol–water partition coefficient (Wildman–Crippen LogP) is 0.294. The zero-order valence-corrected chi connectivity index (χ0v) is 11.1. The second kappa shape index (κ2) is 5.44.